The Balaban J connectivity index is 1.25. The van der Waals surface area contributed by atoms with Crippen molar-refractivity contribution in [2.24, 2.45) is 0 Å². The molecule has 30 atom stereocenters. The number of rotatable bonds is 17. The van der Waals surface area contributed by atoms with Gasteiger partial charge in [-0.3, -0.25) is 9.59 Å². The topological polar surface area (TPSA) is 504 Å². The standard InChI is InChI=1S/C40H68N2O30/c1-9-19(49)24(54)28(58)38(63-9)72-34-30(60)32(15(7-46)67-40(34)71-33-18(42-11(3)48)35(61)64-13(5-44)22(33)52)69-36-17(41-10(2)47)23(53)31(14(6-45)66-36)70-39-29(59)26(56)21(51)16(68-39)8-62-37-27(57)25(55)20(50)12(4-43)65-37/h9,12-40,43-46,49-61H,4-8H2,1-3H3,(H,41,47)(H,42,48)/t9-,12+,13+,14+,15+,16+,17+,18+,19+,20+,21+,22-,23+,24+,25-,26-,27-,28-,29+,30-,31+,32-,33+,34+,35?,36-,37-,38-,39-,40-/m0/s1. The summed E-state index contributed by atoms with van der Waals surface area (Å²) in [5.74, 6) is -1.61. The van der Waals surface area contributed by atoms with Crippen molar-refractivity contribution < 1.29 is 149 Å². The van der Waals surface area contributed by atoms with Gasteiger partial charge in [-0.1, -0.05) is 0 Å². The maximum atomic E-state index is 12.7. The lowest BCUT2D eigenvalue weighted by Crippen LogP contribution is -2.71. The van der Waals surface area contributed by atoms with Crippen LogP contribution in [0.15, 0.2) is 0 Å². The van der Waals surface area contributed by atoms with Crippen LogP contribution >= 0.6 is 0 Å². The third kappa shape index (κ3) is 12.6. The summed E-state index contributed by atoms with van der Waals surface area (Å²) in [5, 5.41) is 186. The van der Waals surface area contributed by atoms with Gasteiger partial charge in [-0.2, -0.15) is 0 Å². The molecule has 6 rings (SSSR count). The summed E-state index contributed by atoms with van der Waals surface area (Å²) in [6, 6.07) is -3.40. The highest BCUT2D eigenvalue weighted by Crippen LogP contribution is 2.37. The normalized spacial score (nSPS) is 50.3. The largest absolute Gasteiger partial charge is 0.394 e. The van der Waals surface area contributed by atoms with Crippen molar-refractivity contribution in [3.8, 4) is 0 Å². The summed E-state index contributed by atoms with van der Waals surface area (Å²) >= 11 is 0. The Kier molecular flexibility index (Phi) is 20.8. The van der Waals surface area contributed by atoms with Crippen molar-refractivity contribution in [3.63, 3.8) is 0 Å². The predicted octanol–water partition coefficient (Wildman–Crippen LogP) is -12.8. The number of amides is 2. The molecule has 6 saturated heterocycles. The Labute approximate surface area is 408 Å². The highest BCUT2D eigenvalue weighted by molar-refractivity contribution is 5.73. The minimum atomic E-state index is -2.19. The van der Waals surface area contributed by atoms with Gasteiger partial charge in [0.1, 0.15) is 140 Å². The average molecular weight is 1060 g/mol. The first-order valence-electron chi connectivity index (χ1n) is 23.0. The van der Waals surface area contributed by atoms with E-state index in [0.717, 1.165) is 13.8 Å². The number of aliphatic hydroxyl groups excluding tert-OH is 17. The molecule has 19 N–H and O–H groups in total. The van der Waals surface area contributed by atoms with Crippen molar-refractivity contribution in [2.45, 2.75) is 205 Å². The Morgan fingerprint density at radius 1 is 0.389 bits per heavy atom. The number of carbonyl (C=O) groups excluding carboxylic acids is 2. The lowest BCUT2D eigenvalue weighted by Gasteiger charge is -2.51. The molecule has 6 aliphatic rings. The predicted molar refractivity (Wildman–Crippen MR) is 221 cm³/mol. The quantitative estimate of drug-likeness (QED) is 0.0643. The van der Waals surface area contributed by atoms with Gasteiger partial charge in [0, 0.05) is 13.8 Å². The van der Waals surface area contributed by atoms with Gasteiger partial charge in [0.2, 0.25) is 11.8 Å². The van der Waals surface area contributed by atoms with Crippen LogP contribution in [0.1, 0.15) is 20.8 Å². The molecule has 0 radical (unpaired) electrons. The van der Waals surface area contributed by atoms with E-state index in [2.05, 4.69) is 10.6 Å². The summed E-state index contributed by atoms with van der Waals surface area (Å²) in [7, 11) is 0. The minimum absolute atomic E-state index is 0.759. The molecule has 32 nitrogen and oxygen atoms in total. The van der Waals surface area contributed by atoms with Gasteiger partial charge in [-0.15, -0.1) is 0 Å². The van der Waals surface area contributed by atoms with Crippen LogP contribution in [0.25, 0.3) is 0 Å². The molecule has 0 aliphatic carbocycles. The first-order chi connectivity index (χ1) is 34.0. The fraction of sp³-hybridized carbons (Fsp3) is 0.950. The average Bonchev–Trinajstić information content (AvgIpc) is 3.34. The molecular formula is C40H68N2O30. The lowest BCUT2D eigenvalue weighted by atomic mass is 9.94. The zero-order valence-electron chi connectivity index (χ0n) is 38.8. The van der Waals surface area contributed by atoms with Crippen molar-refractivity contribution in [3.05, 3.63) is 0 Å². The Morgan fingerprint density at radius 2 is 0.806 bits per heavy atom. The van der Waals surface area contributed by atoms with Gasteiger partial charge in [-0.05, 0) is 6.92 Å². The van der Waals surface area contributed by atoms with Crippen molar-refractivity contribution >= 4 is 11.8 Å². The second kappa shape index (κ2) is 25.3. The van der Waals surface area contributed by atoms with Crippen molar-refractivity contribution in [1.29, 1.82) is 0 Å². The van der Waals surface area contributed by atoms with E-state index >= 15 is 0 Å². The lowest BCUT2D eigenvalue weighted by molar-refractivity contribution is -0.396. The van der Waals surface area contributed by atoms with Crippen LogP contribution < -0.4 is 10.6 Å². The number of hydrogen-bond donors (Lipinski definition) is 19. The van der Waals surface area contributed by atoms with E-state index in [-0.39, 0.29) is 0 Å². The van der Waals surface area contributed by atoms with Crippen LogP contribution in [-0.2, 0) is 61.7 Å². The maximum absolute atomic E-state index is 12.7. The third-order valence-corrected chi connectivity index (χ3v) is 13.2. The van der Waals surface area contributed by atoms with Gasteiger partial charge < -0.3 is 150 Å². The van der Waals surface area contributed by atoms with Crippen molar-refractivity contribution in [2.75, 3.05) is 33.0 Å². The summed E-state index contributed by atoms with van der Waals surface area (Å²) in [5.41, 5.74) is 0. The zero-order valence-corrected chi connectivity index (χ0v) is 38.8. The molecule has 2 amide bonds. The van der Waals surface area contributed by atoms with Gasteiger partial charge >= 0.3 is 0 Å². The summed E-state index contributed by atoms with van der Waals surface area (Å²) in [4.78, 5) is 24.8. The monoisotopic (exact) mass is 1060 g/mol. The SMILES string of the molecule is CC(=O)N[C@H]1[C@H](O[C@@H]2[C@H](O)[C@@H](O[C@@H]3O[C@@H](C)[C@@H](O)[C@@H](O)[C@@H]3O)[C@H](O[C@H]3[C@@H](O)[C@@H](CO)OC(O)[C@@H]3NC(C)=O)O[C@@H]2CO)O[C@H](CO)[C@@H](O[C@@H]2O[C@H](CO[C@H]3O[C@H](CO)[C@@H](O)[C@H](O)[C@@H]3O)[C@@H](O)[C@H](O)[C@H]2O)[C@@H]1O. The van der Waals surface area contributed by atoms with Crippen LogP contribution in [0, 0.1) is 0 Å². The Hall–Kier alpha value is -2.18. The van der Waals surface area contributed by atoms with Crippen LogP contribution in [0.2, 0.25) is 0 Å². The molecule has 6 aliphatic heterocycles. The van der Waals surface area contributed by atoms with E-state index in [1.807, 2.05) is 0 Å². The summed E-state index contributed by atoms with van der Waals surface area (Å²) in [6.07, 6.45) is -51.8. The fourth-order valence-electron chi connectivity index (χ4n) is 9.15. The van der Waals surface area contributed by atoms with Crippen LogP contribution in [0.5, 0.6) is 0 Å². The molecule has 0 aromatic carbocycles. The zero-order chi connectivity index (χ0) is 53.2. The van der Waals surface area contributed by atoms with Crippen LogP contribution in [0.3, 0.4) is 0 Å². The van der Waals surface area contributed by atoms with E-state index in [4.69, 9.17) is 52.1 Å². The van der Waals surface area contributed by atoms with E-state index in [0.29, 0.717) is 0 Å². The third-order valence-electron chi connectivity index (χ3n) is 13.2. The van der Waals surface area contributed by atoms with Gasteiger partial charge in [0.05, 0.1) is 39.1 Å². The van der Waals surface area contributed by atoms with E-state index in [9.17, 15) is 96.4 Å². The molecule has 0 aromatic heterocycles. The fourth-order valence-corrected chi connectivity index (χ4v) is 9.15. The second-order valence-electron chi connectivity index (χ2n) is 18.3. The van der Waals surface area contributed by atoms with Gasteiger partial charge in [-0.25, -0.2) is 0 Å². The first-order valence-corrected chi connectivity index (χ1v) is 23.0. The summed E-state index contributed by atoms with van der Waals surface area (Å²) < 4.78 is 63.1. The molecular weight excluding hydrogens is 988 g/mol. The Bertz CT molecular complexity index is 1730. The summed E-state index contributed by atoms with van der Waals surface area (Å²) in [6.45, 7) is -1.22. The number of ether oxygens (including phenoxy) is 11. The molecule has 418 valence electrons. The first kappa shape index (κ1) is 59.1. The molecule has 0 spiro atoms. The number of aliphatic hydroxyl groups is 17. The molecule has 72 heavy (non-hydrogen) atoms. The van der Waals surface area contributed by atoms with E-state index in [1.54, 1.807) is 0 Å². The molecule has 6 heterocycles. The molecule has 32 heteroatoms. The van der Waals surface area contributed by atoms with E-state index in [1.165, 1.54) is 6.92 Å². The highest BCUT2D eigenvalue weighted by Gasteiger charge is 2.58. The highest BCUT2D eigenvalue weighted by atomic mass is 16.8. The molecule has 0 saturated carbocycles. The molecule has 6 fully saturated rings. The number of nitrogens with one attached hydrogen (secondary N) is 2. The second-order valence-corrected chi connectivity index (χ2v) is 18.3. The van der Waals surface area contributed by atoms with Crippen LogP contribution in [-0.4, -0.2) is 316 Å². The van der Waals surface area contributed by atoms with Crippen molar-refractivity contribution in [1.82, 2.24) is 10.6 Å². The molecule has 1 unspecified atom stereocenters. The molecule has 0 aromatic rings. The number of hydrogen-bond acceptors (Lipinski definition) is 30. The van der Waals surface area contributed by atoms with Gasteiger partial charge in [0.15, 0.2) is 37.7 Å². The minimum Gasteiger partial charge on any atom is -0.394 e. The number of carbonyl (C=O) groups is 2. The van der Waals surface area contributed by atoms with E-state index < -0.39 is 229 Å². The van der Waals surface area contributed by atoms with Gasteiger partial charge in [0.25, 0.3) is 0 Å². The smallest absolute Gasteiger partial charge is 0.217 e. The van der Waals surface area contributed by atoms with Crippen LogP contribution in [0.4, 0.5) is 0 Å². The molecule has 0 bridgehead atoms. The maximum Gasteiger partial charge on any atom is 0.217 e. The Morgan fingerprint density at radius 3 is 1.38 bits per heavy atom.